The summed E-state index contributed by atoms with van der Waals surface area (Å²) in [5, 5.41) is 0.649. The summed E-state index contributed by atoms with van der Waals surface area (Å²) in [6.45, 7) is 16.7. The van der Waals surface area contributed by atoms with Crippen molar-refractivity contribution in [3.8, 4) is 0 Å². The molecule has 1 amide bonds. The number of likely N-dealkylation sites (N-methyl/N-ethyl adjacent to an activating group) is 1. The van der Waals surface area contributed by atoms with Crippen LogP contribution >= 0.6 is 15.9 Å². The first kappa shape index (κ1) is 19.7. The minimum absolute atomic E-state index is 0.268. The van der Waals surface area contributed by atoms with Crippen LogP contribution in [0.15, 0.2) is 0 Å². The van der Waals surface area contributed by atoms with E-state index in [1.54, 1.807) is 4.90 Å². The number of hydrogen-bond acceptors (Lipinski definition) is 3. The van der Waals surface area contributed by atoms with E-state index < -0.39 is 11.2 Å². The summed E-state index contributed by atoms with van der Waals surface area (Å²) in [7, 11) is 0. The highest BCUT2D eigenvalue weighted by Gasteiger charge is 2.34. The molecule has 0 aliphatic rings. The maximum absolute atomic E-state index is 12.2. The molecule has 0 bridgehead atoms. The van der Waals surface area contributed by atoms with Gasteiger partial charge in [-0.05, 0) is 55.4 Å². The van der Waals surface area contributed by atoms with Gasteiger partial charge >= 0.3 is 6.09 Å². The lowest BCUT2D eigenvalue weighted by molar-refractivity contribution is -0.119. The minimum Gasteiger partial charge on any atom is -0.444 e. The number of ether oxygens (including phenoxy) is 2. The van der Waals surface area contributed by atoms with Gasteiger partial charge in [0, 0.05) is 11.9 Å². The highest BCUT2D eigenvalue weighted by Crippen LogP contribution is 2.24. The van der Waals surface area contributed by atoms with Crippen LogP contribution in [0.25, 0.3) is 0 Å². The lowest BCUT2D eigenvalue weighted by Crippen LogP contribution is -2.50. The summed E-state index contributed by atoms with van der Waals surface area (Å²) in [5.74, 6) is 0. The van der Waals surface area contributed by atoms with E-state index in [-0.39, 0.29) is 11.7 Å². The second kappa shape index (κ2) is 7.12. The molecule has 0 spiro atoms. The third-order valence-electron chi connectivity index (χ3n) is 2.39. The van der Waals surface area contributed by atoms with Gasteiger partial charge in [0.15, 0.2) is 0 Å². The monoisotopic (exact) mass is 351 g/mol. The van der Waals surface area contributed by atoms with Crippen molar-refractivity contribution in [3.63, 3.8) is 0 Å². The molecule has 1 atom stereocenters. The number of hydrogen-bond donors (Lipinski definition) is 0. The molecule has 0 saturated heterocycles. The largest absolute Gasteiger partial charge is 0.444 e. The van der Waals surface area contributed by atoms with Gasteiger partial charge in [-0.1, -0.05) is 15.9 Å². The standard InChI is InChI=1S/C15H30BrNO3/c1-9-17(12(18)19-13(2,3)4)11-15(8,10-16)20-14(5,6)7/h9-11H2,1-8H3. The van der Waals surface area contributed by atoms with E-state index in [0.717, 1.165) is 0 Å². The topological polar surface area (TPSA) is 38.8 Å². The van der Waals surface area contributed by atoms with Gasteiger partial charge in [0.2, 0.25) is 0 Å². The second-order valence-corrected chi connectivity index (χ2v) is 7.85. The fourth-order valence-corrected chi connectivity index (χ4v) is 2.17. The number of halogens is 1. The summed E-state index contributed by atoms with van der Waals surface area (Å²) in [5.41, 5.74) is -1.21. The Morgan fingerprint density at radius 2 is 1.55 bits per heavy atom. The Kier molecular flexibility index (Phi) is 7.02. The molecule has 0 aromatic carbocycles. The molecule has 0 heterocycles. The average molecular weight is 352 g/mol. The summed E-state index contributed by atoms with van der Waals surface area (Å²) >= 11 is 3.49. The van der Waals surface area contributed by atoms with Crippen LogP contribution < -0.4 is 0 Å². The summed E-state index contributed by atoms with van der Waals surface area (Å²) in [6, 6.07) is 0. The Bertz CT molecular complexity index is 320. The Labute approximate surface area is 132 Å². The molecular weight excluding hydrogens is 322 g/mol. The predicted octanol–water partition coefficient (Wildman–Crippen LogP) is 4.21. The van der Waals surface area contributed by atoms with E-state index in [1.807, 2.05) is 55.4 Å². The zero-order valence-corrected chi connectivity index (χ0v) is 15.8. The van der Waals surface area contributed by atoms with Crippen LogP contribution in [-0.2, 0) is 9.47 Å². The van der Waals surface area contributed by atoms with E-state index in [1.165, 1.54) is 0 Å². The van der Waals surface area contributed by atoms with Gasteiger partial charge in [0.1, 0.15) is 5.60 Å². The van der Waals surface area contributed by atoms with Crippen molar-refractivity contribution >= 4 is 22.0 Å². The number of alkyl halides is 1. The smallest absolute Gasteiger partial charge is 0.410 e. The molecule has 0 aromatic rings. The lowest BCUT2D eigenvalue weighted by atomic mass is 10.1. The SMILES string of the molecule is CCN(CC(C)(CBr)OC(C)(C)C)C(=O)OC(C)(C)C. The highest BCUT2D eigenvalue weighted by atomic mass is 79.9. The molecule has 5 heteroatoms. The van der Waals surface area contributed by atoms with E-state index in [9.17, 15) is 4.79 Å². The van der Waals surface area contributed by atoms with E-state index >= 15 is 0 Å². The number of carbonyl (C=O) groups is 1. The van der Waals surface area contributed by atoms with Crippen LogP contribution in [0.5, 0.6) is 0 Å². The zero-order valence-electron chi connectivity index (χ0n) is 14.2. The summed E-state index contributed by atoms with van der Waals surface area (Å²) < 4.78 is 11.5. The van der Waals surface area contributed by atoms with Gasteiger partial charge in [-0.25, -0.2) is 4.79 Å². The normalized spacial score (nSPS) is 15.7. The highest BCUT2D eigenvalue weighted by molar-refractivity contribution is 9.09. The molecule has 0 fully saturated rings. The summed E-state index contributed by atoms with van der Waals surface area (Å²) in [4.78, 5) is 13.9. The van der Waals surface area contributed by atoms with Crippen molar-refractivity contribution in [3.05, 3.63) is 0 Å². The molecule has 0 radical (unpaired) electrons. The maximum atomic E-state index is 12.2. The Morgan fingerprint density at radius 1 is 1.05 bits per heavy atom. The van der Waals surface area contributed by atoms with Crippen molar-refractivity contribution in [2.75, 3.05) is 18.4 Å². The molecule has 0 aliphatic heterocycles. The third-order valence-corrected chi connectivity index (χ3v) is 3.58. The lowest BCUT2D eigenvalue weighted by Gasteiger charge is -2.39. The molecule has 0 rings (SSSR count). The molecule has 0 aliphatic carbocycles. The molecule has 0 aromatic heterocycles. The van der Waals surface area contributed by atoms with Gasteiger partial charge in [-0.15, -0.1) is 0 Å². The van der Waals surface area contributed by atoms with Crippen LogP contribution in [0.3, 0.4) is 0 Å². The van der Waals surface area contributed by atoms with Crippen LogP contribution in [0.1, 0.15) is 55.4 Å². The predicted molar refractivity (Wildman–Crippen MR) is 86.5 cm³/mol. The van der Waals surface area contributed by atoms with E-state index in [2.05, 4.69) is 15.9 Å². The van der Waals surface area contributed by atoms with Gasteiger partial charge in [0.05, 0.1) is 17.7 Å². The second-order valence-electron chi connectivity index (χ2n) is 7.29. The van der Waals surface area contributed by atoms with Crippen molar-refractivity contribution < 1.29 is 14.3 Å². The van der Waals surface area contributed by atoms with Gasteiger partial charge in [-0.2, -0.15) is 0 Å². The Balaban J connectivity index is 4.87. The maximum Gasteiger partial charge on any atom is 0.410 e. The molecular formula is C15H30BrNO3. The molecule has 120 valence electrons. The van der Waals surface area contributed by atoms with E-state index in [0.29, 0.717) is 18.4 Å². The Morgan fingerprint density at radius 3 is 1.85 bits per heavy atom. The molecule has 4 nitrogen and oxygen atoms in total. The first-order valence-electron chi connectivity index (χ1n) is 7.06. The van der Waals surface area contributed by atoms with Crippen molar-refractivity contribution in [1.82, 2.24) is 4.90 Å². The van der Waals surface area contributed by atoms with E-state index in [4.69, 9.17) is 9.47 Å². The molecule has 0 N–H and O–H groups in total. The summed E-state index contributed by atoms with van der Waals surface area (Å²) in [6.07, 6.45) is -0.301. The zero-order chi connectivity index (χ0) is 16.2. The van der Waals surface area contributed by atoms with Crippen LogP contribution in [-0.4, -0.2) is 46.2 Å². The Hall–Kier alpha value is -0.290. The first-order valence-corrected chi connectivity index (χ1v) is 8.18. The van der Waals surface area contributed by atoms with Gasteiger partial charge in [0.25, 0.3) is 0 Å². The van der Waals surface area contributed by atoms with Crippen LogP contribution in [0.4, 0.5) is 4.79 Å². The van der Waals surface area contributed by atoms with Crippen molar-refractivity contribution in [2.45, 2.75) is 72.2 Å². The fraction of sp³-hybridized carbons (Fsp3) is 0.933. The van der Waals surface area contributed by atoms with Crippen LogP contribution in [0.2, 0.25) is 0 Å². The quantitative estimate of drug-likeness (QED) is 0.696. The van der Waals surface area contributed by atoms with Gasteiger partial charge in [-0.3, -0.25) is 0 Å². The minimum atomic E-state index is -0.486. The molecule has 0 saturated carbocycles. The fourth-order valence-electron chi connectivity index (χ4n) is 1.88. The number of carbonyl (C=O) groups excluding carboxylic acids is 1. The molecule has 20 heavy (non-hydrogen) atoms. The average Bonchev–Trinajstić information content (AvgIpc) is 2.21. The van der Waals surface area contributed by atoms with Crippen molar-refractivity contribution in [1.29, 1.82) is 0 Å². The van der Waals surface area contributed by atoms with Gasteiger partial charge < -0.3 is 14.4 Å². The number of nitrogens with zero attached hydrogens (tertiary/aromatic N) is 1. The third kappa shape index (κ3) is 8.10. The number of rotatable bonds is 5. The first-order chi connectivity index (χ1) is 8.82. The van der Waals surface area contributed by atoms with Crippen LogP contribution in [0, 0.1) is 0 Å². The molecule has 1 unspecified atom stereocenters. The number of amides is 1. The van der Waals surface area contributed by atoms with Crippen molar-refractivity contribution in [2.24, 2.45) is 0 Å².